The minimum atomic E-state index is -1.01. The Morgan fingerprint density at radius 2 is 1.25 bits per heavy atom. The van der Waals surface area contributed by atoms with Crippen molar-refractivity contribution in [1.29, 1.82) is 0 Å². The van der Waals surface area contributed by atoms with Crippen molar-refractivity contribution >= 4 is 0 Å². The minimum absolute atomic E-state index is 0.0325. The molecule has 0 amide bonds. The van der Waals surface area contributed by atoms with E-state index in [2.05, 4.69) is 6.92 Å². The number of unbranched alkanes of at least 4 members (excludes halogenated alkanes) is 1. The summed E-state index contributed by atoms with van der Waals surface area (Å²) < 4.78 is 42.0. The smallest absolute Gasteiger partial charge is 0.164 e. The van der Waals surface area contributed by atoms with Crippen LogP contribution >= 0.6 is 0 Å². The highest BCUT2D eigenvalue weighted by Crippen LogP contribution is 2.41. The van der Waals surface area contributed by atoms with E-state index in [0.29, 0.717) is 5.92 Å². The quantitative estimate of drug-likeness (QED) is 0.407. The molecule has 0 aromatic heterocycles. The lowest BCUT2D eigenvalue weighted by Crippen LogP contribution is -2.18. The van der Waals surface area contributed by atoms with Gasteiger partial charge in [-0.25, -0.2) is 13.2 Å². The monoisotopic (exact) mass is 394 g/mol. The zero-order valence-corrected chi connectivity index (χ0v) is 17.7. The summed E-state index contributed by atoms with van der Waals surface area (Å²) in [6, 6.07) is 1.23. The third kappa shape index (κ3) is 5.33. The fourth-order valence-electron chi connectivity index (χ4n) is 5.54. The van der Waals surface area contributed by atoms with Gasteiger partial charge in [-0.1, -0.05) is 64.7 Å². The van der Waals surface area contributed by atoms with E-state index in [1.54, 1.807) is 0 Å². The first-order valence-electron chi connectivity index (χ1n) is 11.6. The van der Waals surface area contributed by atoms with Crippen molar-refractivity contribution in [2.24, 2.45) is 17.8 Å². The van der Waals surface area contributed by atoms with Gasteiger partial charge in [-0.2, -0.15) is 0 Å². The van der Waals surface area contributed by atoms with Gasteiger partial charge in [0.25, 0.3) is 0 Å². The van der Waals surface area contributed by atoms with E-state index < -0.39 is 17.5 Å². The summed E-state index contributed by atoms with van der Waals surface area (Å²) in [6.45, 7) is 3.58. The number of benzene rings is 1. The van der Waals surface area contributed by atoms with Crippen molar-refractivity contribution in [2.45, 2.75) is 103 Å². The highest BCUT2D eigenvalue weighted by Gasteiger charge is 2.28. The van der Waals surface area contributed by atoms with E-state index in [1.807, 2.05) is 0 Å². The normalized spacial score (nSPS) is 28.5. The molecule has 0 radical (unpaired) electrons. The molecule has 3 rings (SSSR count). The zero-order valence-electron chi connectivity index (χ0n) is 17.7. The van der Waals surface area contributed by atoms with Crippen LogP contribution in [0.3, 0.4) is 0 Å². The summed E-state index contributed by atoms with van der Waals surface area (Å²) in [5, 5.41) is 0. The van der Waals surface area contributed by atoms with E-state index in [9.17, 15) is 13.2 Å². The summed E-state index contributed by atoms with van der Waals surface area (Å²) in [5.41, 5.74) is 0.0452. The van der Waals surface area contributed by atoms with Gasteiger partial charge in [-0.3, -0.25) is 0 Å². The van der Waals surface area contributed by atoms with Gasteiger partial charge < -0.3 is 0 Å². The zero-order chi connectivity index (χ0) is 20.1. The third-order valence-electron chi connectivity index (χ3n) is 7.62. The van der Waals surface area contributed by atoms with Crippen molar-refractivity contribution in [2.75, 3.05) is 0 Å². The lowest BCUT2D eigenvalue weighted by Gasteiger charge is -2.32. The predicted octanol–water partition coefficient (Wildman–Crippen LogP) is 8.46. The molecular formula is C25H37F3. The Kier molecular flexibility index (Phi) is 7.88. The maximum absolute atomic E-state index is 14.3. The second-order valence-corrected chi connectivity index (χ2v) is 9.52. The molecule has 0 bridgehead atoms. The van der Waals surface area contributed by atoms with Gasteiger partial charge >= 0.3 is 0 Å². The average molecular weight is 395 g/mol. The second-order valence-electron chi connectivity index (χ2n) is 9.52. The molecule has 1 aromatic rings. The maximum Gasteiger partial charge on any atom is 0.164 e. The molecular weight excluding hydrogens is 357 g/mol. The highest BCUT2D eigenvalue weighted by atomic mass is 19.2. The first-order valence-corrected chi connectivity index (χ1v) is 11.6. The van der Waals surface area contributed by atoms with Crippen LogP contribution in [0.4, 0.5) is 13.2 Å². The molecule has 2 aliphatic carbocycles. The van der Waals surface area contributed by atoms with Gasteiger partial charge in [0.05, 0.1) is 0 Å². The topological polar surface area (TPSA) is 0 Å². The van der Waals surface area contributed by atoms with Crippen molar-refractivity contribution in [1.82, 2.24) is 0 Å². The summed E-state index contributed by atoms with van der Waals surface area (Å²) >= 11 is 0. The van der Waals surface area contributed by atoms with Gasteiger partial charge in [-0.05, 0) is 67.9 Å². The van der Waals surface area contributed by atoms with Gasteiger partial charge in [0.2, 0.25) is 0 Å². The lowest BCUT2D eigenvalue weighted by molar-refractivity contribution is 0.222. The first kappa shape index (κ1) is 21.7. The molecule has 0 N–H and O–H groups in total. The molecule has 0 nitrogen and oxygen atoms in total. The highest BCUT2D eigenvalue weighted by molar-refractivity contribution is 5.30. The number of hydrogen-bond acceptors (Lipinski definition) is 0. The van der Waals surface area contributed by atoms with Gasteiger partial charge in [0.1, 0.15) is 5.82 Å². The molecule has 2 fully saturated rings. The average Bonchev–Trinajstić information content (AvgIpc) is 2.73. The Morgan fingerprint density at radius 1 is 0.750 bits per heavy atom. The molecule has 28 heavy (non-hydrogen) atoms. The van der Waals surface area contributed by atoms with Crippen molar-refractivity contribution in [3.63, 3.8) is 0 Å². The molecule has 158 valence electrons. The van der Waals surface area contributed by atoms with Crippen LogP contribution in [0.2, 0.25) is 0 Å². The fourth-order valence-corrected chi connectivity index (χ4v) is 5.54. The minimum Gasteiger partial charge on any atom is -0.207 e. The number of hydrogen-bond donors (Lipinski definition) is 0. The van der Waals surface area contributed by atoms with E-state index in [-0.39, 0.29) is 17.0 Å². The van der Waals surface area contributed by atoms with Crippen LogP contribution in [0.5, 0.6) is 0 Å². The molecule has 0 saturated heterocycles. The number of rotatable bonds is 7. The van der Waals surface area contributed by atoms with Gasteiger partial charge in [0, 0.05) is 5.56 Å². The molecule has 2 saturated carbocycles. The van der Waals surface area contributed by atoms with Crippen molar-refractivity contribution < 1.29 is 13.2 Å². The second kappa shape index (κ2) is 10.2. The van der Waals surface area contributed by atoms with Crippen molar-refractivity contribution in [3.05, 3.63) is 34.6 Å². The Hall–Kier alpha value is -0.990. The Balaban J connectivity index is 1.42. The first-order chi connectivity index (χ1) is 13.5. The van der Waals surface area contributed by atoms with Crippen LogP contribution < -0.4 is 0 Å². The summed E-state index contributed by atoms with van der Waals surface area (Å²) in [5.74, 6) is 0.0803. The fraction of sp³-hybridized carbons (Fsp3) is 0.760. The molecule has 3 heteroatoms. The van der Waals surface area contributed by atoms with E-state index in [1.165, 1.54) is 70.8 Å². The molecule has 1 aromatic carbocycles. The van der Waals surface area contributed by atoms with Gasteiger partial charge in [0.15, 0.2) is 11.6 Å². The molecule has 2 aliphatic rings. The number of halogens is 3. The standard InChI is InChI=1S/C25H37F3/c1-3-4-5-18-6-8-19(9-7-18)10-11-20-12-14-21(15-13-20)22-16-23(26)17(2)24(27)25(22)28/h16,18-21H,3-15H2,1-2H3/t18-,19-,20?,21?. The van der Waals surface area contributed by atoms with Crippen molar-refractivity contribution in [3.8, 4) is 0 Å². The van der Waals surface area contributed by atoms with Gasteiger partial charge in [-0.15, -0.1) is 0 Å². The van der Waals surface area contributed by atoms with E-state index in [0.717, 1.165) is 37.5 Å². The largest absolute Gasteiger partial charge is 0.207 e. The van der Waals surface area contributed by atoms with Crippen LogP contribution in [-0.4, -0.2) is 0 Å². The predicted molar refractivity (Wildman–Crippen MR) is 110 cm³/mol. The van der Waals surface area contributed by atoms with Crippen LogP contribution in [0.15, 0.2) is 6.07 Å². The SMILES string of the molecule is CCCC[C@H]1CC[C@H](CCC2CCC(c3cc(F)c(C)c(F)c3F)CC2)CC1. The molecule has 0 aliphatic heterocycles. The maximum atomic E-state index is 14.3. The van der Waals surface area contributed by atoms with Crippen LogP contribution in [-0.2, 0) is 0 Å². The third-order valence-corrected chi connectivity index (χ3v) is 7.62. The summed E-state index contributed by atoms with van der Waals surface area (Å²) in [4.78, 5) is 0. The Morgan fingerprint density at radius 3 is 1.79 bits per heavy atom. The summed E-state index contributed by atoms with van der Waals surface area (Å²) in [6.07, 6.45) is 16.2. The summed E-state index contributed by atoms with van der Waals surface area (Å²) in [7, 11) is 0. The van der Waals surface area contributed by atoms with Crippen LogP contribution in [0, 0.1) is 42.1 Å². The molecule has 0 unspecified atom stereocenters. The molecule has 0 atom stereocenters. The van der Waals surface area contributed by atoms with Crippen LogP contribution in [0.1, 0.15) is 107 Å². The van der Waals surface area contributed by atoms with E-state index >= 15 is 0 Å². The molecule has 0 heterocycles. The van der Waals surface area contributed by atoms with Crippen LogP contribution in [0.25, 0.3) is 0 Å². The van der Waals surface area contributed by atoms with E-state index in [4.69, 9.17) is 0 Å². The molecule has 0 spiro atoms. The lowest BCUT2D eigenvalue weighted by atomic mass is 9.74. The Bertz CT molecular complexity index is 623. The Labute approximate surface area is 169 Å².